The maximum absolute atomic E-state index is 12.9. The Morgan fingerprint density at radius 1 is 0.967 bits per heavy atom. The van der Waals surface area contributed by atoms with E-state index in [0.29, 0.717) is 12.2 Å². The Morgan fingerprint density at radius 3 is 2.50 bits per heavy atom. The second kappa shape index (κ2) is 7.02. The molecule has 0 saturated carbocycles. The third kappa shape index (κ3) is 3.03. The summed E-state index contributed by atoms with van der Waals surface area (Å²) in [6, 6.07) is 19.5. The molecule has 4 aromatic rings. The van der Waals surface area contributed by atoms with E-state index >= 15 is 0 Å². The lowest BCUT2D eigenvalue weighted by Crippen LogP contribution is -2.29. The Bertz CT molecular complexity index is 1280. The molecule has 150 valence electrons. The molecule has 5 rings (SSSR count). The summed E-state index contributed by atoms with van der Waals surface area (Å²) in [4.78, 5) is 27.3. The van der Waals surface area contributed by atoms with Gasteiger partial charge in [0.2, 0.25) is 11.8 Å². The summed E-state index contributed by atoms with van der Waals surface area (Å²) < 4.78 is 5.90. The number of para-hydroxylation sites is 2. The van der Waals surface area contributed by atoms with E-state index in [1.54, 1.807) is 4.90 Å². The molecule has 1 aromatic heterocycles. The van der Waals surface area contributed by atoms with Crippen LogP contribution in [0.3, 0.4) is 0 Å². The number of carbonyl (C=O) groups is 2. The first-order valence-electron chi connectivity index (χ1n) is 10.1. The van der Waals surface area contributed by atoms with Crippen LogP contribution in [0.15, 0.2) is 65.1 Å². The summed E-state index contributed by atoms with van der Waals surface area (Å²) in [6.45, 7) is 4.38. The van der Waals surface area contributed by atoms with E-state index in [2.05, 4.69) is 5.32 Å². The second-order valence-electron chi connectivity index (χ2n) is 7.94. The van der Waals surface area contributed by atoms with Crippen molar-refractivity contribution >= 4 is 45.1 Å². The Hall–Kier alpha value is -3.60. The first kappa shape index (κ1) is 18.4. The third-order valence-electron chi connectivity index (χ3n) is 5.85. The van der Waals surface area contributed by atoms with Gasteiger partial charge in [-0.1, -0.05) is 36.4 Å². The first-order valence-corrected chi connectivity index (χ1v) is 10.1. The molecule has 5 heteroatoms. The van der Waals surface area contributed by atoms with E-state index in [4.69, 9.17) is 4.42 Å². The average molecular weight is 398 g/mol. The number of hydrogen-bond donors (Lipinski definition) is 1. The third-order valence-corrected chi connectivity index (χ3v) is 5.85. The molecule has 1 fully saturated rings. The number of benzene rings is 3. The van der Waals surface area contributed by atoms with Gasteiger partial charge in [-0.05, 0) is 43.2 Å². The number of anilines is 2. The predicted octanol–water partition coefficient (Wildman–Crippen LogP) is 5.19. The summed E-state index contributed by atoms with van der Waals surface area (Å²) in [5, 5.41) is 5.03. The lowest BCUT2D eigenvalue weighted by Gasteiger charge is -2.21. The average Bonchev–Trinajstić information content (AvgIpc) is 3.28. The molecule has 1 atom stereocenters. The van der Waals surface area contributed by atoms with E-state index in [1.807, 2.05) is 74.5 Å². The van der Waals surface area contributed by atoms with Crippen LogP contribution in [0.25, 0.3) is 21.9 Å². The van der Waals surface area contributed by atoms with Crippen molar-refractivity contribution in [2.75, 3.05) is 16.8 Å². The summed E-state index contributed by atoms with van der Waals surface area (Å²) in [7, 11) is 0. The van der Waals surface area contributed by atoms with Crippen LogP contribution >= 0.6 is 0 Å². The van der Waals surface area contributed by atoms with Crippen LogP contribution < -0.4 is 10.2 Å². The fraction of sp³-hybridized carbons (Fsp3) is 0.200. The van der Waals surface area contributed by atoms with E-state index in [9.17, 15) is 9.59 Å². The molecule has 0 unspecified atom stereocenters. The minimum absolute atomic E-state index is 0.0136. The number of aryl methyl sites for hydroxylation is 2. The fourth-order valence-electron chi connectivity index (χ4n) is 4.38. The molecule has 0 aliphatic carbocycles. The molecule has 1 aliphatic rings. The van der Waals surface area contributed by atoms with Gasteiger partial charge in [0, 0.05) is 41.2 Å². The highest BCUT2D eigenvalue weighted by Crippen LogP contribution is 2.33. The van der Waals surface area contributed by atoms with Gasteiger partial charge in [0.25, 0.3) is 0 Å². The number of fused-ring (bicyclic) bond motifs is 3. The number of hydrogen-bond acceptors (Lipinski definition) is 3. The monoisotopic (exact) mass is 398 g/mol. The van der Waals surface area contributed by atoms with Crippen LogP contribution in [0.1, 0.15) is 17.5 Å². The van der Waals surface area contributed by atoms with Crippen molar-refractivity contribution in [1.82, 2.24) is 0 Å². The molecule has 0 bridgehead atoms. The van der Waals surface area contributed by atoms with Gasteiger partial charge in [0.1, 0.15) is 11.2 Å². The van der Waals surface area contributed by atoms with Crippen LogP contribution in [-0.4, -0.2) is 18.4 Å². The van der Waals surface area contributed by atoms with Crippen molar-refractivity contribution in [3.05, 3.63) is 71.8 Å². The van der Waals surface area contributed by atoms with Crippen LogP contribution in [0.4, 0.5) is 11.4 Å². The summed E-state index contributed by atoms with van der Waals surface area (Å²) in [5.41, 5.74) is 5.22. The molecule has 2 heterocycles. The van der Waals surface area contributed by atoms with E-state index < -0.39 is 0 Å². The highest BCUT2D eigenvalue weighted by Gasteiger charge is 2.36. The maximum atomic E-state index is 12.9. The smallest absolute Gasteiger partial charge is 0.229 e. The quantitative estimate of drug-likeness (QED) is 0.516. The van der Waals surface area contributed by atoms with Crippen LogP contribution in [0, 0.1) is 19.8 Å². The lowest BCUT2D eigenvalue weighted by molar-refractivity contribution is -0.122. The van der Waals surface area contributed by atoms with Gasteiger partial charge in [-0.15, -0.1) is 0 Å². The zero-order chi connectivity index (χ0) is 20.8. The van der Waals surface area contributed by atoms with Crippen molar-refractivity contribution in [3.63, 3.8) is 0 Å². The minimum atomic E-state index is -0.386. The molecule has 5 nitrogen and oxygen atoms in total. The molecule has 3 aromatic carbocycles. The van der Waals surface area contributed by atoms with Crippen LogP contribution in [-0.2, 0) is 9.59 Å². The molecule has 0 radical (unpaired) electrons. The van der Waals surface area contributed by atoms with Gasteiger partial charge in [-0.2, -0.15) is 0 Å². The van der Waals surface area contributed by atoms with Crippen LogP contribution in [0.2, 0.25) is 0 Å². The van der Waals surface area contributed by atoms with Gasteiger partial charge in [-0.25, -0.2) is 0 Å². The first-order chi connectivity index (χ1) is 14.5. The van der Waals surface area contributed by atoms with E-state index in [1.165, 1.54) is 0 Å². The molecule has 1 N–H and O–H groups in total. The molecule has 30 heavy (non-hydrogen) atoms. The van der Waals surface area contributed by atoms with Gasteiger partial charge in [-0.3, -0.25) is 9.59 Å². The Labute approximate surface area is 174 Å². The molecule has 1 aliphatic heterocycles. The van der Waals surface area contributed by atoms with Gasteiger partial charge < -0.3 is 14.6 Å². The normalized spacial score (nSPS) is 16.5. The second-order valence-corrected chi connectivity index (χ2v) is 7.94. The minimum Gasteiger partial charge on any atom is -0.456 e. The van der Waals surface area contributed by atoms with Gasteiger partial charge in [0.15, 0.2) is 0 Å². The molecular formula is C25H22N2O3. The summed E-state index contributed by atoms with van der Waals surface area (Å²) in [6.07, 6.45) is 0.215. The Balaban J connectivity index is 1.37. The predicted molar refractivity (Wildman–Crippen MR) is 119 cm³/mol. The molecule has 2 amide bonds. The van der Waals surface area contributed by atoms with E-state index in [-0.39, 0.29) is 24.2 Å². The van der Waals surface area contributed by atoms with Gasteiger partial charge >= 0.3 is 0 Å². The SMILES string of the molecule is Cc1cccc(C)c1N1C[C@@H](C(=O)Nc2ccc3c(c2)oc2ccccc23)CC1=O. The van der Waals surface area contributed by atoms with Crippen molar-refractivity contribution in [2.24, 2.45) is 5.92 Å². The van der Waals surface area contributed by atoms with Crippen molar-refractivity contribution in [3.8, 4) is 0 Å². The van der Waals surface area contributed by atoms with Crippen molar-refractivity contribution in [1.29, 1.82) is 0 Å². The van der Waals surface area contributed by atoms with E-state index in [0.717, 1.165) is 38.8 Å². The number of amides is 2. The highest BCUT2D eigenvalue weighted by atomic mass is 16.3. The zero-order valence-corrected chi connectivity index (χ0v) is 16.9. The number of carbonyl (C=O) groups excluding carboxylic acids is 2. The van der Waals surface area contributed by atoms with Gasteiger partial charge in [0.05, 0.1) is 5.92 Å². The maximum Gasteiger partial charge on any atom is 0.229 e. The zero-order valence-electron chi connectivity index (χ0n) is 16.9. The standard InChI is InChI=1S/C25H22N2O3/c1-15-6-5-7-16(2)24(15)27-14-17(12-23(27)28)25(29)26-18-10-11-20-19-8-3-4-9-21(19)30-22(20)13-18/h3-11,13,17H,12,14H2,1-2H3,(H,26,29)/t17-/m0/s1. The topological polar surface area (TPSA) is 62.6 Å². The highest BCUT2D eigenvalue weighted by molar-refractivity contribution is 6.07. The number of rotatable bonds is 3. The summed E-state index contributed by atoms with van der Waals surface area (Å²) in [5.74, 6) is -0.546. The Kier molecular flexibility index (Phi) is 4.31. The summed E-state index contributed by atoms with van der Waals surface area (Å²) >= 11 is 0. The number of nitrogens with one attached hydrogen (secondary N) is 1. The fourth-order valence-corrected chi connectivity index (χ4v) is 4.38. The molecule has 1 saturated heterocycles. The molecular weight excluding hydrogens is 376 g/mol. The molecule has 0 spiro atoms. The number of nitrogens with zero attached hydrogens (tertiary/aromatic N) is 1. The Morgan fingerprint density at radius 2 is 1.70 bits per heavy atom. The number of furan rings is 1. The van der Waals surface area contributed by atoms with Crippen LogP contribution in [0.5, 0.6) is 0 Å². The van der Waals surface area contributed by atoms with Crippen molar-refractivity contribution < 1.29 is 14.0 Å². The lowest BCUT2D eigenvalue weighted by atomic mass is 10.1. The largest absolute Gasteiger partial charge is 0.456 e. The van der Waals surface area contributed by atoms with Crippen molar-refractivity contribution in [2.45, 2.75) is 20.3 Å².